The quantitative estimate of drug-likeness (QED) is 0.812. The molecule has 2 aromatic heterocycles. The molecule has 100 valence electrons. The Morgan fingerprint density at radius 3 is 2.79 bits per heavy atom. The maximum Gasteiger partial charge on any atom is 0.187 e. The minimum absolute atomic E-state index is 0.157. The Kier molecular flexibility index (Phi) is 4.09. The van der Waals surface area contributed by atoms with Gasteiger partial charge in [-0.25, -0.2) is 4.39 Å². The summed E-state index contributed by atoms with van der Waals surface area (Å²) >= 11 is 3.44. The maximum absolute atomic E-state index is 12.8. The highest BCUT2D eigenvalue weighted by molar-refractivity contribution is 9.10. The van der Waals surface area contributed by atoms with Crippen LogP contribution < -0.4 is 0 Å². The predicted octanol–water partition coefficient (Wildman–Crippen LogP) is 2.93. The Morgan fingerprint density at radius 2 is 2.21 bits per heavy atom. The Morgan fingerprint density at radius 1 is 1.47 bits per heavy atom. The Hall–Kier alpha value is -1.56. The van der Waals surface area contributed by atoms with Crippen molar-refractivity contribution in [2.45, 2.75) is 26.8 Å². The number of hydrogen-bond acceptors (Lipinski definition) is 3. The summed E-state index contributed by atoms with van der Waals surface area (Å²) < 4.78 is 15.4. The van der Waals surface area contributed by atoms with Gasteiger partial charge < -0.3 is 0 Å². The number of carbonyl (C=O) groups is 1. The fraction of sp³-hybridized carbons (Fsp3) is 0.308. The number of rotatable bonds is 4. The van der Waals surface area contributed by atoms with Crippen LogP contribution in [-0.4, -0.2) is 20.5 Å². The van der Waals surface area contributed by atoms with Crippen LogP contribution in [0, 0.1) is 12.7 Å². The third kappa shape index (κ3) is 2.89. The van der Waals surface area contributed by atoms with E-state index in [0.717, 1.165) is 22.1 Å². The molecule has 0 radical (unpaired) electrons. The van der Waals surface area contributed by atoms with Crippen LogP contribution in [0.2, 0.25) is 0 Å². The molecule has 2 aromatic rings. The van der Waals surface area contributed by atoms with E-state index in [1.807, 2.05) is 13.8 Å². The van der Waals surface area contributed by atoms with Gasteiger partial charge in [-0.05, 0) is 41.9 Å². The van der Waals surface area contributed by atoms with Gasteiger partial charge in [-0.3, -0.25) is 14.5 Å². The summed E-state index contributed by atoms with van der Waals surface area (Å²) in [5.41, 5.74) is 1.92. The molecule has 0 saturated carbocycles. The average Bonchev–Trinajstić information content (AvgIpc) is 2.67. The molecular weight excluding hydrogens is 313 g/mol. The first-order valence-electron chi connectivity index (χ1n) is 5.89. The second-order valence-electron chi connectivity index (χ2n) is 4.12. The zero-order valence-electron chi connectivity index (χ0n) is 10.7. The number of aryl methyl sites for hydroxylation is 2. The second kappa shape index (κ2) is 5.61. The lowest BCUT2D eigenvalue weighted by molar-refractivity contribution is 0.0985. The lowest BCUT2D eigenvalue weighted by Crippen LogP contribution is -2.11. The first-order valence-corrected chi connectivity index (χ1v) is 6.68. The molecule has 6 heteroatoms. The van der Waals surface area contributed by atoms with Crippen molar-refractivity contribution in [1.82, 2.24) is 14.8 Å². The molecule has 0 atom stereocenters. The summed E-state index contributed by atoms with van der Waals surface area (Å²) in [5.74, 6) is -0.609. The van der Waals surface area contributed by atoms with Gasteiger partial charge in [-0.2, -0.15) is 5.10 Å². The van der Waals surface area contributed by atoms with Crippen LogP contribution in [0.5, 0.6) is 0 Å². The summed E-state index contributed by atoms with van der Waals surface area (Å²) in [6.07, 6.45) is 1.23. The second-order valence-corrected chi connectivity index (χ2v) is 4.92. The number of aromatic nitrogens is 3. The van der Waals surface area contributed by atoms with E-state index in [-0.39, 0.29) is 17.9 Å². The summed E-state index contributed by atoms with van der Waals surface area (Å²) in [5, 5.41) is 4.33. The summed E-state index contributed by atoms with van der Waals surface area (Å²) in [4.78, 5) is 15.9. The Labute approximate surface area is 118 Å². The van der Waals surface area contributed by atoms with Gasteiger partial charge in [0.15, 0.2) is 5.78 Å². The molecule has 0 aliphatic rings. The van der Waals surface area contributed by atoms with Gasteiger partial charge in [0.05, 0.1) is 28.5 Å². The van der Waals surface area contributed by atoms with Gasteiger partial charge in [-0.1, -0.05) is 0 Å². The van der Waals surface area contributed by atoms with Crippen LogP contribution in [-0.2, 0) is 13.0 Å². The molecule has 0 fully saturated rings. The van der Waals surface area contributed by atoms with Crippen molar-refractivity contribution >= 4 is 21.7 Å². The topological polar surface area (TPSA) is 47.8 Å². The number of halogens is 2. The van der Waals surface area contributed by atoms with Crippen molar-refractivity contribution in [3.05, 3.63) is 45.7 Å². The number of Topliss-reactive ketones (excluding diaryl/α,β-unsaturated/α-hetero) is 1. The molecule has 0 amide bonds. The first-order chi connectivity index (χ1) is 9.02. The monoisotopic (exact) mass is 325 g/mol. The smallest absolute Gasteiger partial charge is 0.187 e. The number of carbonyl (C=O) groups excluding carboxylic acids is 1. The van der Waals surface area contributed by atoms with E-state index in [9.17, 15) is 9.18 Å². The molecular formula is C13H13BrFN3O. The van der Waals surface area contributed by atoms with Gasteiger partial charge in [0, 0.05) is 6.54 Å². The predicted molar refractivity (Wildman–Crippen MR) is 72.6 cm³/mol. The van der Waals surface area contributed by atoms with E-state index in [0.29, 0.717) is 6.54 Å². The lowest BCUT2D eigenvalue weighted by atomic mass is 10.1. The third-order valence-electron chi connectivity index (χ3n) is 2.79. The van der Waals surface area contributed by atoms with Gasteiger partial charge in [-0.15, -0.1) is 0 Å². The number of pyridine rings is 1. The largest absolute Gasteiger partial charge is 0.292 e. The molecule has 4 nitrogen and oxygen atoms in total. The lowest BCUT2D eigenvalue weighted by Gasteiger charge is -2.04. The SMILES string of the molecule is CCn1nc(C)c(Br)c1CC(=O)c1ccc(F)cn1. The average molecular weight is 326 g/mol. The van der Waals surface area contributed by atoms with Crippen LogP contribution in [0.15, 0.2) is 22.8 Å². The van der Waals surface area contributed by atoms with Gasteiger partial charge >= 0.3 is 0 Å². The number of hydrogen-bond donors (Lipinski definition) is 0. The van der Waals surface area contributed by atoms with Crippen molar-refractivity contribution in [2.75, 3.05) is 0 Å². The van der Waals surface area contributed by atoms with Crippen molar-refractivity contribution in [3.8, 4) is 0 Å². The van der Waals surface area contributed by atoms with E-state index >= 15 is 0 Å². The molecule has 0 bridgehead atoms. The zero-order chi connectivity index (χ0) is 14.0. The fourth-order valence-electron chi connectivity index (χ4n) is 1.82. The summed E-state index contributed by atoms with van der Waals surface area (Å²) in [6, 6.07) is 2.63. The summed E-state index contributed by atoms with van der Waals surface area (Å²) in [7, 11) is 0. The molecule has 0 aromatic carbocycles. The van der Waals surface area contributed by atoms with Gasteiger partial charge in [0.1, 0.15) is 11.5 Å². The van der Waals surface area contributed by atoms with E-state index in [1.165, 1.54) is 12.1 Å². The highest BCUT2D eigenvalue weighted by Crippen LogP contribution is 2.22. The van der Waals surface area contributed by atoms with Crippen LogP contribution >= 0.6 is 15.9 Å². The Bertz CT molecular complexity index is 607. The molecule has 0 N–H and O–H groups in total. The van der Waals surface area contributed by atoms with Crippen LogP contribution in [0.25, 0.3) is 0 Å². The standard InChI is InChI=1S/C13H13BrFN3O/c1-3-18-11(13(14)8(2)17-18)6-12(19)10-5-4-9(15)7-16-10/h4-5,7H,3,6H2,1-2H3. The van der Waals surface area contributed by atoms with Crippen molar-refractivity contribution in [3.63, 3.8) is 0 Å². The van der Waals surface area contributed by atoms with E-state index in [1.54, 1.807) is 4.68 Å². The van der Waals surface area contributed by atoms with E-state index in [4.69, 9.17) is 0 Å². The third-order valence-corrected chi connectivity index (χ3v) is 3.83. The normalized spacial score (nSPS) is 10.7. The van der Waals surface area contributed by atoms with Crippen molar-refractivity contribution < 1.29 is 9.18 Å². The van der Waals surface area contributed by atoms with Crippen molar-refractivity contribution in [2.24, 2.45) is 0 Å². The molecule has 0 saturated heterocycles. The minimum atomic E-state index is -0.452. The molecule has 2 rings (SSSR count). The van der Waals surface area contributed by atoms with E-state index < -0.39 is 5.82 Å². The van der Waals surface area contributed by atoms with Gasteiger partial charge in [0.2, 0.25) is 0 Å². The highest BCUT2D eigenvalue weighted by Gasteiger charge is 2.17. The van der Waals surface area contributed by atoms with E-state index in [2.05, 4.69) is 26.0 Å². The zero-order valence-corrected chi connectivity index (χ0v) is 12.2. The highest BCUT2D eigenvalue weighted by atomic mass is 79.9. The number of ketones is 1. The molecule has 0 spiro atoms. The Balaban J connectivity index is 2.26. The van der Waals surface area contributed by atoms with Gasteiger partial charge in [0.25, 0.3) is 0 Å². The van der Waals surface area contributed by atoms with Crippen LogP contribution in [0.1, 0.15) is 28.8 Å². The fourth-order valence-corrected chi connectivity index (χ4v) is 2.25. The molecule has 0 aliphatic heterocycles. The maximum atomic E-state index is 12.8. The molecule has 2 heterocycles. The molecule has 0 unspecified atom stereocenters. The first kappa shape index (κ1) is 13.9. The van der Waals surface area contributed by atoms with Crippen LogP contribution in [0.4, 0.5) is 4.39 Å². The minimum Gasteiger partial charge on any atom is -0.292 e. The number of nitrogens with zero attached hydrogens (tertiary/aromatic N) is 3. The summed E-state index contributed by atoms with van der Waals surface area (Å²) in [6.45, 7) is 4.52. The molecule has 19 heavy (non-hydrogen) atoms. The van der Waals surface area contributed by atoms with Crippen LogP contribution in [0.3, 0.4) is 0 Å². The van der Waals surface area contributed by atoms with Crippen molar-refractivity contribution in [1.29, 1.82) is 0 Å². The molecule has 0 aliphatic carbocycles.